The molecule has 0 amide bonds. The van der Waals surface area contributed by atoms with Gasteiger partial charge in [-0.15, -0.1) is 0 Å². The van der Waals surface area contributed by atoms with Crippen molar-refractivity contribution in [2.45, 2.75) is 31.6 Å². The number of nitrogens with one attached hydrogen (secondary N) is 1. The van der Waals surface area contributed by atoms with E-state index in [0.29, 0.717) is 11.5 Å². The Labute approximate surface area is 127 Å². The maximum Gasteiger partial charge on any atom is 0.151 e. The molecule has 120 valence electrons. The molecule has 0 saturated heterocycles. The molecule has 0 aliphatic rings. The van der Waals surface area contributed by atoms with Crippen molar-refractivity contribution < 1.29 is 17.9 Å². The zero-order valence-electron chi connectivity index (χ0n) is 13.3. The Bertz CT molecular complexity index is 557. The van der Waals surface area contributed by atoms with Gasteiger partial charge in [0, 0.05) is 11.8 Å². The molecule has 0 heterocycles. The molecule has 0 saturated carbocycles. The molecule has 2 atom stereocenters. The monoisotopic (exact) mass is 315 g/mol. The van der Waals surface area contributed by atoms with Crippen LogP contribution in [0.1, 0.15) is 31.9 Å². The van der Waals surface area contributed by atoms with Crippen LogP contribution in [0, 0.1) is 0 Å². The molecule has 0 aliphatic carbocycles. The summed E-state index contributed by atoms with van der Waals surface area (Å²) in [6, 6.07) is 5.08. The standard InChI is InChI=1S/C15H25NO4S/c1-6-9-16-15(11(2)21(5,17)18)13-10-12(19-3)7-8-14(13)20-4/h7-8,10-11,15-16H,6,9H2,1-5H3. The summed E-state index contributed by atoms with van der Waals surface area (Å²) in [6.07, 6.45) is 2.17. The van der Waals surface area contributed by atoms with E-state index in [1.165, 1.54) is 6.26 Å². The van der Waals surface area contributed by atoms with E-state index in [4.69, 9.17) is 9.47 Å². The average molecular weight is 315 g/mol. The van der Waals surface area contributed by atoms with Crippen molar-refractivity contribution in [3.8, 4) is 11.5 Å². The summed E-state index contributed by atoms with van der Waals surface area (Å²) in [5, 5.41) is 2.74. The third-order valence-electron chi connectivity index (χ3n) is 3.53. The molecule has 0 radical (unpaired) electrons. The lowest BCUT2D eigenvalue weighted by atomic mass is 10.0. The first-order chi connectivity index (χ1) is 9.85. The molecule has 0 spiro atoms. The molecule has 1 aromatic rings. The third-order valence-corrected chi connectivity index (χ3v) is 5.15. The van der Waals surface area contributed by atoms with E-state index in [9.17, 15) is 8.42 Å². The highest BCUT2D eigenvalue weighted by Crippen LogP contribution is 2.33. The summed E-state index contributed by atoms with van der Waals surface area (Å²) in [5.41, 5.74) is 0.795. The van der Waals surface area contributed by atoms with Crippen molar-refractivity contribution in [3.05, 3.63) is 23.8 Å². The fourth-order valence-corrected chi connectivity index (χ4v) is 2.90. The molecule has 2 unspecified atom stereocenters. The molecular weight excluding hydrogens is 290 g/mol. The number of hydrogen-bond acceptors (Lipinski definition) is 5. The smallest absolute Gasteiger partial charge is 0.151 e. The number of rotatable bonds is 8. The van der Waals surface area contributed by atoms with Crippen LogP contribution >= 0.6 is 0 Å². The number of sulfone groups is 1. The quantitative estimate of drug-likeness (QED) is 0.796. The zero-order chi connectivity index (χ0) is 16.0. The lowest BCUT2D eigenvalue weighted by Crippen LogP contribution is -2.35. The van der Waals surface area contributed by atoms with E-state index in [1.807, 2.05) is 13.0 Å². The van der Waals surface area contributed by atoms with Gasteiger partial charge < -0.3 is 14.8 Å². The predicted molar refractivity (Wildman–Crippen MR) is 84.9 cm³/mol. The van der Waals surface area contributed by atoms with E-state index < -0.39 is 15.1 Å². The minimum absolute atomic E-state index is 0.343. The topological polar surface area (TPSA) is 64.6 Å². The summed E-state index contributed by atoms with van der Waals surface area (Å²) in [4.78, 5) is 0. The molecule has 1 aromatic carbocycles. The molecule has 1 N–H and O–H groups in total. The van der Waals surface area contributed by atoms with Gasteiger partial charge in [-0.1, -0.05) is 6.92 Å². The Balaban J connectivity index is 3.30. The Kier molecular flexibility index (Phi) is 6.48. The summed E-state index contributed by atoms with van der Waals surface area (Å²) < 4.78 is 34.5. The van der Waals surface area contributed by atoms with E-state index in [1.54, 1.807) is 33.3 Å². The van der Waals surface area contributed by atoms with Crippen LogP contribution in [-0.4, -0.2) is 40.7 Å². The summed E-state index contributed by atoms with van der Waals surface area (Å²) in [5.74, 6) is 1.33. The molecule has 0 aliphatic heterocycles. The van der Waals surface area contributed by atoms with Crippen LogP contribution in [0.5, 0.6) is 11.5 Å². The Morgan fingerprint density at radius 2 is 1.90 bits per heavy atom. The first-order valence-electron chi connectivity index (χ1n) is 6.99. The van der Waals surface area contributed by atoms with E-state index in [2.05, 4.69) is 5.32 Å². The maximum atomic E-state index is 12.0. The van der Waals surface area contributed by atoms with Crippen LogP contribution in [0.25, 0.3) is 0 Å². The molecular formula is C15H25NO4S. The van der Waals surface area contributed by atoms with Crippen LogP contribution < -0.4 is 14.8 Å². The molecule has 0 aromatic heterocycles. The molecule has 0 bridgehead atoms. The summed E-state index contributed by atoms with van der Waals surface area (Å²) in [6.45, 7) is 4.48. The van der Waals surface area contributed by atoms with Gasteiger partial charge in [0.05, 0.1) is 25.5 Å². The summed E-state index contributed by atoms with van der Waals surface area (Å²) in [7, 11) is -0.0239. The first kappa shape index (κ1) is 17.8. The Morgan fingerprint density at radius 3 is 2.38 bits per heavy atom. The highest BCUT2D eigenvalue weighted by molar-refractivity contribution is 7.91. The maximum absolute atomic E-state index is 12.0. The van der Waals surface area contributed by atoms with Crippen molar-refractivity contribution >= 4 is 9.84 Å². The van der Waals surface area contributed by atoms with Crippen LogP contribution in [-0.2, 0) is 9.84 Å². The SMILES string of the molecule is CCCNC(c1cc(OC)ccc1OC)C(C)S(C)(=O)=O. The largest absolute Gasteiger partial charge is 0.497 e. The van der Waals surface area contributed by atoms with Gasteiger partial charge in [-0.2, -0.15) is 0 Å². The molecule has 0 fully saturated rings. The van der Waals surface area contributed by atoms with Crippen LogP contribution in [0.15, 0.2) is 18.2 Å². The van der Waals surface area contributed by atoms with Crippen molar-refractivity contribution in [1.82, 2.24) is 5.32 Å². The molecule has 21 heavy (non-hydrogen) atoms. The zero-order valence-corrected chi connectivity index (χ0v) is 14.2. The molecule has 1 rings (SSSR count). The minimum atomic E-state index is -3.18. The van der Waals surface area contributed by atoms with E-state index >= 15 is 0 Å². The normalized spacial score (nSPS) is 14.5. The highest BCUT2D eigenvalue weighted by Gasteiger charge is 2.29. The number of ether oxygens (including phenoxy) is 2. The highest BCUT2D eigenvalue weighted by atomic mass is 32.2. The molecule has 5 nitrogen and oxygen atoms in total. The second kappa shape index (κ2) is 7.66. The van der Waals surface area contributed by atoms with Crippen LogP contribution in [0.4, 0.5) is 0 Å². The number of hydrogen-bond donors (Lipinski definition) is 1. The van der Waals surface area contributed by atoms with Gasteiger partial charge in [-0.25, -0.2) is 8.42 Å². The van der Waals surface area contributed by atoms with Crippen molar-refractivity contribution in [3.63, 3.8) is 0 Å². The van der Waals surface area contributed by atoms with E-state index in [0.717, 1.165) is 18.5 Å². The van der Waals surface area contributed by atoms with E-state index in [-0.39, 0.29) is 6.04 Å². The van der Waals surface area contributed by atoms with Crippen molar-refractivity contribution in [1.29, 1.82) is 0 Å². The average Bonchev–Trinajstić information content (AvgIpc) is 2.46. The minimum Gasteiger partial charge on any atom is -0.497 e. The van der Waals surface area contributed by atoms with Crippen molar-refractivity contribution in [2.24, 2.45) is 0 Å². The third kappa shape index (κ3) is 4.61. The number of benzene rings is 1. The van der Waals surface area contributed by atoms with Gasteiger partial charge in [0.15, 0.2) is 9.84 Å². The Morgan fingerprint density at radius 1 is 1.24 bits per heavy atom. The fourth-order valence-electron chi connectivity index (χ4n) is 2.16. The number of methoxy groups -OCH3 is 2. The summed E-state index contributed by atoms with van der Waals surface area (Å²) >= 11 is 0. The van der Waals surface area contributed by atoms with Crippen LogP contribution in [0.2, 0.25) is 0 Å². The van der Waals surface area contributed by atoms with Gasteiger partial charge in [0.1, 0.15) is 11.5 Å². The Hall–Kier alpha value is -1.27. The fraction of sp³-hybridized carbons (Fsp3) is 0.600. The molecule has 6 heteroatoms. The van der Waals surface area contributed by atoms with Gasteiger partial charge in [-0.3, -0.25) is 0 Å². The van der Waals surface area contributed by atoms with Gasteiger partial charge in [0.2, 0.25) is 0 Å². The lowest BCUT2D eigenvalue weighted by molar-refractivity contribution is 0.387. The van der Waals surface area contributed by atoms with Gasteiger partial charge in [0.25, 0.3) is 0 Å². The van der Waals surface area contributed by atoms with Gasteiger partial charge >= 0.3 is 0 Å². The van der Waals surface area contributed by atoms with Crippen molar-refractivity contribution in [2.75, 3.05) is 27.0 Å². The second-order valence-electron chi connectivity index (χ2n) is 5.07. The first-order valence-corrected chi connectivity index (χ1v) is 8.94. The predicted octanol–water partition coefficient (Wildman–Crippen LogP) is 2.18. The van der Waals surface area contributed by atoms with Gasteiger partial charge in [-0.05, 0) is 38.1 Å². The lowest BCUT2D eigenvalue weighted by Gasteiger charge is -2.26. The second-order valence-corrected chi connectivity index (χ2v) is 7.48. The van der Waals surface area contributed by atoms with Crippen LogP contribution in [0.3, 0.4) is 0 Å².